The summed E-state index contributed by atoms with van der Waals surface area (Å²) in [6, 6.07) is 9.57. The van der Waals surface area contributed by atoms with E-state index in [0.29, 0.717) is 11.4 Å². The van der Waals surface area contributed by atoms with Crippen molar-refractivity contribution in [3.63, 3.8) is 0 Å². The molecule has 1 amide bonds. The van der Waals surface area contributed by atoms with Crippen LogP contribution in [-0.4, -0.2) is 35.3 Å². The Morgan fingerprint density at radius 2 is 2.00 bits per heavy atom. The zero-order chi connectivity index (χ0) is 14.4. The number of aromatic nitrogens is 1. The first kappa shape index (κ1) is 14.8. The summed E-state index contributed by atoms with van der Waals surface area (Å²) >= 11 is 5.65. The lowest BCUT2D eigenvalue weighted by molar-refractivity contribution is 0.0794. The molecular weight excluding hydrogens is 272 g/mol. The first-order valence-electron chi connectivity index (χ1n) is 6.89. The summed E-state index contributed by atoms with van der Waals surface area (Å²) in [6.45, 7) is 0.749. The van der Waals surface area contributed by atoms with Gasteiger partial charge in [0, 0.05) is 31.1 Å². The summed E-state index contributed by atoms with van der Waals surface area (Å²) in [4.78, 5) is 18.6. The number of pyridine rings is 1. The van der Waals surface area contributed by atoms with Crippen LogP contribution >= 0.6 is 11.6 Å². The maximum absolute atomic E-state index is 12.5. The molecule has 0 spiro atoms. The number of halogens is 1. The number of nitrogens with zero attached hydrogens (tertiary/aromatic N) is 2. The van der Waals surface area contributed by atoms with Gasteiger partial charge in [0.25, 0.3) is 5.91 Å². The molecule has 2 rings (SSSR count). The predicted octanol–water partition coefficient (Wildman–Crippen LogP) is 3.72. The van der Waals surface area contributed by atoms with Gasteiger partial charge in [0.15, 0.2) is 0 Å². The van der Waals surface area contributed by atoms with Crippen LogP contribution in [0.5, 0.6) is 0 Å². The Labute approximate surface area is 124 Å². The Hall–Kier alpha value is -1.61. The van der Waals surface area contributed by atoms with Crippen LogP contribution in [0, 0.1) is 0 Å². The molecule has 2 aromatic rings. The molecule has 0 radical (unpaired) electrons. The number of rotatable bonds is 6. The van der Waals surface area contributed by atoms with E-state index in [1.807, 2.05) is 37.4 Å². The quantitative estimate of drug-likeness (QED) is 0.600. The number of fused-ring (bicyclic) bond motifs is 1. The maximum Gasteiger partial charge on any atom is 0.255 e. The van der Waals surface area contributed by atoms with E-state index in [2.05, 4.69) is 4.98 Å². The molecule has 0 aliphatic rings. The number of carbonyl (C=O) groups excluding carboxylic acids is 1. The molecule has 0 aliphatic carbocycles. The third kappa shape index (κ3) is 3.48. The van der Waals surface area contributed by atoms with Crippen molar-refractivity contribution in [3.8, 4) is 0 Å². The van der Waals surface area contributed by atoms with Crippen LogP contribution < -0.4 is 0 Å². The molecule has 106 valence electrons. The van der Waals surface area contributed by atoms with E-state index in [4.69, 9.17) is 11.6 Å². The largest absolute Gasteiger partial charge is 0.342 e. The van der Waals surface area contributed by atoms with Gasteiger partial charge in [-0.2, -0.15) is 0 Å². The van der Waals surface area contributed by atoms with Crippen molar-refractivity contribution in [1.82, 2.24) is 9.88 Å². The van der Waals surface area contributed by atoms with Crippen molar-refractivity contribution in [2.24, 2.45) is 0 Å². The summed E-state index contributed by atoms with van der Waals surface area (Å²) in [5, 5.41) is 0.994. The third-order valence-corrected chi connectivity index (χ3v) is 3.60. The SMILES string of the molecule is CN(CCCCCCl)C(=O)c1cccc2cccnc12. The number of amides is 1. The van der Waals surface area contributed by atoms with Gasteiger partial charge in [-0.25, -0.2) is 0 Å². The highest BCUT2D eigenvalue weighted by molar-refractivity contribution is 6.17. The second-order valence-electron chi connectivity index (χ2n) is 4.86. The first-order valence-corrected chi connectivity index (χ1v) is 7.42. The molecule has 0 unspecified atom stereocenters. The van der Waals surface area contributed by atoms with Gasteiger partial charge >= 0.3 is 0 Å². The van der Waals surface area contributed by atoms with Crippen molar-refractivity contribution in [1.29, 1.82) is 0 Å². The predicted molar refractivity (Wildman–Crippen MR) is 83.3 cm³/mol. The molecule has 1 aromatic heterocycles. The second kappa shape index (κ2) is 7.25. The number of para-hydroxylation sites is 1. The average Bonchev–Trinajstić information content (AvgIpc) is 2.50. The van der Waals surface area contributed by atoms with Crippen LogP contribution in [0.3, 0.4) is 0 Å². The zero-order valence-corrected chi connectivity index (χ0v) is 12.4. The topological polar surface area (TPSA) is 33.2 Å². The van der Waals surface area contributed by atoms with Crippen LogP contribution in [0.4, 0.5) is 0 Å². The fourth-order valence-corrected chi connectivity index (χ4v) is 2.39. The Morgan fingerprint density at radius 3 is 2.80 bits per heavy atom. The minimum atomic E-state index is 0.0279. The van der Waals surface area contributed by atoms with Gasteiger partial charge in [-0.05, 0) is 25.0 Å². The Bertz CT molecular complexity index is 580. The number of carbonyl (C=O) groups is 1. The summed E-state index contributed by atoms with van der Waals surface area (Å²) in [5.41, 5.74) is 1.44. The molecule has 0 N–H and O–H groups in total. The number of unbranched alkanes of at least 4 members (excludes halogenated alkanes) is 2. The fraction of sp³-hybridized carbons (Fsp3) is 0.375. The van der Waals surface area contributed by atoms with Crippen LogP contribution in [0.2, 0.25) is 0 Å². The minimum Gasteiger partial charge on any atom is -0.342 e. The molecule has 20 heavy (non-hydrogen) atoms. The molecule has 0 bridgehead atoms. The van der Waals surface area contributed by atoms with Crippen molar-refractivity contribution in [2.75, 3.05) is 19.5 Å². The summed E-state index contributed by atoms with van der Waals surface area (Å²) in [7, 11) is 1.84. The number of alkyl halides is 1. The molecule has 0 saturated carbocycles. The minimum absolute atomic E-state index is 0.0279. The number of hydrogen-bond donors (Lipinski definition) is 0. The lowest BCUT2D eigenvalue weighted by atomic mass is 10.1. The lowest BCUT2D eigenvalue weighted by Crippen LogP contribution is -2.28. The number of hydrogen-bond acceptors (Lipinski definition) is 2. The molecule has 1 heterocycles. The van der Waals surface area contributed by atoms with E-state index in [0.717, 1.165) is 36.7 Å². The van der Waals surface area contributed by atoms with Crippen molar-refractivity contribution in [3.05, 3.63) is 42.1 Å². The van der Waals surface area contributed by atoms with Gasteiger partial charge < -0.3 is 4.90 Å². The van der Waals surface area contributed by atoms with Gasteiger partial charge in [-0.15, -0.1) is 11.6 Å². The highest BCUT2D eigenvalue weighted by Gasteiger charge is 2.14. The normalized spacial score (nSPS) is 10.7. The Balaban J connectivity index is 2.10. The van der Waals surface area contributed by atoms with Gasteiger partial charge in [0.05, 0.1) is 11.1 Å². The molecule has 0 aliphatic heterocycles. The van der Waals surface area contributed by atoms with Crippen LogP contribution in [0.1, 0.15) is 29.6 Å². The van der Waals surface area contributed by atoms with Crippen molar-refractivity contribution >= 4 is 28.4 Å². The highest BCUT2D eigenvalue weighted by Crippen LogP contribution is 2.17. The van der Waals surface area contributed by atoms with E-state index < -0.39 is 0 Å². The molecule has 0 saturated heterocycles. The molecule has 0 atom stereocenters. The maximum atomic E-state index is 12.5. The van der Waals surface area contributed by atoms with Gasteiger partial charge in [-0.3, -0.25) is 9.78 Å². The smallest absolute Gasteiger partial charge is 0.255 e. The van der Waals surface area contributed by atoms with Crippen LogP contribution in [-0.2, 0) is 0 Å². The van der Waals surface area contributed by atoms with Crippen molar-refractivity contribution in [2.45, 2.75) is 19.3 Å². The highest BCUT2D eigenvalue weighted by atomic mass is 35.5. The number of benzene rings is 1. The fourth-order valence-electron chi connectivity index (χ4n) is 2.20. The van der Waals surface area contributed by atoms with Gasteiger partial charge in [-0.1, -0.05) is 24.6 Å². The second-order valence-corrected chi connectivity index (χ2v) is 5.24. The standard InChI is InChI=1S/C16H19ClN2O/c1-19(12-4-2-3-10-17)16(20)14-9-5-7-13-8-6-11-18-15(13)14/h5-9,11H,2-4,10,12H2,1H3. The molecule has 0 fully saturated rings. The molecule has 3 nitrogen and oxygen atoms in total. The van der Waals surface area contributed by atoms with Gasteiger partial charge in [0.1, 0.15) is 0 Å². The third-order valence-electron chi connectivity index (χ3n) is 3.34. The van der Waals surface area contributed by atoms with Crippen LogP contribution in [0.25, 0.3) is 10.9 Å². The lowest BCUT2D eigenvalue weighted by Gasteiger charge is -2.17. The zero-order valence-electron chi connectivity index (χ0n) is 11.7. The summed E-state index contributed by atoms with van der Waals surface area (Å²) in [6.07, 6.45) is 4.75. The van der Waals surface area contributed by atoms with Crippen molar-refractivity contribution < 1.29 is 4.79 Å². The van der Waals surface area contributed by atoms with Gasteiger partial charge in [0.2, 0.25) is 0 Å². The monoisotopic (exact) mass is 290 g/mol. The first-order chi connectivity index (χ1) is 9.74. The summed E-state index contributed by atoms with van der Waals surface area (Å²) < 4.78 is 0. The Morgan fingerprint density at radius 1 is 1.20 bits per heavy atom. The average molecular weight is 291 g/mol. The van der Waals surface area contributed by atoms with E-state index in [1.54, 1.807) is 11.1 Å². The molecule has 1 aromatic carbocycles. The summed E-state index contributed by atoms with van der Waals surface area (Å²) in [5.74, 6) is 0.713. The molecular formula is C16H19ClN2O. The van der Waals surface area contributed by atoms with E-state index in [9.17, 15) is 4.79 Å². The Kier molecular flexibility index (Phi) is 5.36. The van der Waals surface area contributed by atoms with Crippen LogP contribution in [0.15, 0.2) is 36.5 Å². The van der Waals surface area contributed by atoms with E-state index in [-0.39, 0.29) is 5.91 Å². The molecule has 4 heteroatoms. The van der Waals surface area contributed by atoms with E-state index >= 15 is 0 Å². The van der Waals surface area contributed by atoms with E-state index in [1.165, 1.54) is 0 Å².